The van der Waals surface area contributed by atoms with Crippen LogP contribution in [0.15, 0.2) is 24.5 Å². The molecule has 1 fully saturated rings. The molecule has 16 heavy (non-hydrogen) atoms. The lowest BCUT2D eigenvalue weighted by atomic mass is 10.3. The Bertz CT molecular complexity index is 562. The highest BCUT2D eigenvalue weighted by molar-refractivity contribution is 5.24. The van der Waals surface area contributed by atoms with Gasteiger partial charge in [0.2, 0.25) is 0 Å². The van der Waals surface area contributed by atoms with E-state index in [0.717, 1.165) is 5.69 Å². The summed E-state index contributed by atoms with van der Waals surface area (Å²) in [5.74, 6) is 1.06. The Labute approximate surface area is 92.4 Å². The van der Waals surface area contributed by atoms with E-state index >= 15 is 0 Å². The molecule has 0 aliphatic heterocycles. The van der Waals surface area contributed by atoms with E-state index in [1.807, 2.05) is 18.3 Å². The number of aromatic nitrogens is 4. The van der Waals surface area contributed by atoms with Gasteiger partial charge >= 0.3 is 0 Å². The van der Waals surface area contributed by atoms with Crippen LogP contribution in [0.1, 0.15) is 30.1 Å². The maximum Gasteiger partial charge on any atom is 0.251 e. The van der Waals surface area contributed by atoms with Crippen LogP contribution in [0.2, 0.25) is 0 Å². The summed E-state index contributed by atoms with van der Waals surface area (Å²) in [5, 5.41) is 13.1. The van der Waals surface area contributed by atoms with Crippen molar-refractivity contribution in [1.82, 2.24) is 19.7 Å². The number of hydrogen-bond donors (Lipinski definition) is 0. The molecule has 1 aliphatic rings. The molecular formula is C11H9N5. The minimum Gasteiger partial charge on any atom is -0.220 e. The van der Waals surface area contributed by atoms with Gasteiger partial charge in [0.05, 0.1) is 5.69 Å². The largest absolute Gasteiger partial charge is 0.251 e. The number of nitrogens with zero attached hydrogens (tertiary/aromatic N) is 5. The van der Waals surface area contributed by atoms with Gasteiger partial charge in [0.25, 0.3) is 5.95 Å². The molecule has 5 heteroatoms. The molecule has 0 atom stereocenters. The van der Waals surface area contributed by atoms with Gasteiger partial charge in [0.15, 0.2) is 0 Å². The third-order valence-electron chi connectivity index (χ3n) is 2.57. The van der Waals surface area contributed by atoms with Gasteiger partial charge in [-0.3, -0.25) is 0 Å². The lowest BCUT2D eigenvalue weighted by Gasteiger charge is -1.98. The van der Waals surface area contributed by atoms with E-state index in [-0.39, 0.29) is 0 Å². The van der Waals surface area contributed by atoms with Crippen molar-refractivity contribution >= 4 is 0 Å². The molecule has 0 aromatic carbocycles. The van der Waals surface area contributed by atoms with Crippen molar-refractivity contribution in [2.24, 2.45) is 0 Å². The molecule has 0 bridgehead atoms. The fourth-order valence-electron chi connectivity index (χ4n) is 1.57. The van der Waals surface area contributed by atoms with E-state index in [0.29, 0.717) is 17.6 Å². The minimum atomic E-state index is 0.355. The molecule has 1 saturated carbocycles. The first kappa shape index (κ1) is 9.04. The van der Waals surface area contributed by atoms with Crippen LogP contribution in [0, 0.1) is 11.3 Å². The van der Waals surface area contributed by atoms with Crippen LogP contribution in [0.4, 0.5) is 0 Å². The van der Waals surface area contributed by atoms with Crippen LogP contribution in [-0.2, 0) is 0 Å². The van der Waals surface area contributed by atoms with E-state index in [1.165, 1.54) is 12.8 Å². The normalized spacial score (nSPS) is 14.7. The van der Waals surface area contributed by atoms with E-state index in [4.69, 9.17) is 5.26 Å². The maximum atomic E-state index is 8.74. The predicted molar refractivity (Wildman–Crippen MR) is 55.8 cm³/mol. The molecule has 3 rings (SSSR count). The van der Waals surface area contributed by atoms with Crippen molar-refractivity contribution < 1.29 is 0 Å². The zero-order chi connectivity index (χ0) is 11.0. The Morgan fingerprint density at radius 2 is 2.25 bits per heavy atom. The quantitative estimate of drug-likeness (QED) is 0.753. The SMILES string of the molecule is N#Cc1ccnc(-n2ccc(C3CC3)n2)n1. The van der Waals surface area contributed by atoms with E-state index in [2.05, 4.69) is 15.1 Å². The molecular weight excluding hydrogens is 202 g/mol. The van der Waals surface area contributed by atoms with E-state index in [1.54, 1.807) is 16.9 Å². The first-order valence-electron chi connectivity index (χ1n) is 5.16. The minimum absolute atomic E-state index is 0.355. The molecule has 0 amide bonds. The van der Waals surface area contributed by atoms with Crippen LogP contribution in [0.5, 0.6) is 0 Å². The molecule has 2 aromatic rings. The Morgan fingerprint density at radius 3 is 3.00 bits per heavy atom. The highest BCUT2D eigenvalue weighted by atomic mass is 15.3. The summed E-state index contributed by atoms with van der Waals surface area (Å²) in [7, 11) is 0. The van der Waals surface area contributed by atoms with Gasteiger partial charge in [-0.05, 0) is 25.0 Å². The lowest BCUT2D eigenvalue weighted by molar-refractivity contribution is 0.780. The van der Waals surface area contributed by atoms with Crippen molar-refractivity contribution in [3.8, 4) is 12.0 Å². The van der Waals surface area contributed by atoms with E-state index < -0.39 is 0 Å². The van der Waals surface area contributed by atoms with Gasteiger partial charge in [-0.15, -0.1) is 0 Å². The summed E-state index contributed by atoms with van der Waals surface area (Å²) in [4.78, 5) is 8.17. The second kappa shape index (κ2) is 3.42. The smallest absolute Gasteiger partial charge is 0.220 e. The number of rotatable bonds is 2. The molecule has 78 valence electrons. The van der Waals surface area contributed by atoms with Gasteiger partial charge in [-0.2, -0.15) is 10.4 Å². The predicted octanol–water partition coefficient (Wildman–Crippen LogP) is 1.41. The summed E-state index contributed by atoms with van der Waals surface area (Å²) in [5.41, 5.74) is 1.44. The second-order valence-electron chi connectivity index (χ2n) is 3.81. The van der Waals surface area contributed by atoms with Crippen molar-refractivity contribution in [2.45, 2.75) is 18.8 Å². The average Bonchev–Trinajstić information content (AvgIpc) is 3.07. The van der Waals surface area contributed by atoms with Crippen LogP contribution >= 0.6 is 0 Å². The Balaban J connectivity index is 1.97. The summed E-state index contributed by atoms with van der Waals surface area (Å²) in [6.07, 6.45) is 5.84. The fraction of sp³-hybridized carbons (Fsp3) is 0.273. The van der Waals surface area contributed by atoms with Crippen LogP contribution in [0.3, 0.4) is 0 Å². The van der Waals surface area contributed by atoms with E-state index in [9.17, 15) is 0 Å². The van der Waals surface area contributed by atoms with Gasteiger partial charge in [-0.25, -0.2) is 14.6 Å². The molecule has 2 aromatic heterocycles. The van der Waals surface area contributed by atoms with Crippen LogP contribution in [-0.4, -0.2) is 19.7 Å². The topological polar surface area (TPSA) is 67.4 Å². The maximum absolute atomic E-state index is 8.74. The Kier molecular flexibility index (Phi) is 1.93. The number of nitriles is 1. The molecule has 0 radical (unpaired) electrons. The molecule has 5 nitrogen and oxygen atoms in total. The Hall–Kier alpha value is -2.22. The molecule has 2 heterocycles. The van der Waals surface area contributed by atoms with Crippen LogP contribution < -0.4 is 0 Å². The van der Waals surface area contributed by atoms with Crippen molar-refractivity contribution in [1.29, 1.82) is 5.26 Å². The third kappa shape index (κ3) is 1.54. The summed E-state index contributed by atoms with van der Waals surface area (Å²) >= 11 is 0. The Morgan fingerprint density at radius 1 is 1.38 bits per heavy atom. The van der Waals surface area contributed by atoms with Gasteiger partial charge in [0.1, 0.15) is 11.8 Å². The van der Waals surface area contributed by atoms with Crippen LogP contribution in [0.25, 0.3) is 5.95 Å². The fourth-order valence-corrected chi connectivity index (χ4v) is 1.57. The van der Waals surface area contributed by atoms with Crippen molar-refractivity contribution in [2.75, 3.05) is 0 Å². The van der Waals surface area contributed by atoms with Crippen molar-refractivity contribution in [3.63, 3.8) is 0 Å². The molecule has 1 aliphatic carbocycles. The van der Waals surface area contributed by atoms with Gasteiger partial charge in [0, 0.05) is 18.3 Å². The summed E-state index contributed by atoms with van der Waals surface area (Å²) < 4.78 is 1.62. The first-order chi connectivity index (χ1) is 7.86. The zero-order valence-corrected chi connectivity index (χ0v) is 8.54. The van der Waals surface area contributed by atoms with Gasteiger partial charge in [-0.1, -0.05) is 0 Å². The first-order valence-corrected chi connectivity index (χ1v) is 5.16. The third-order valence-corrected chi connectivity index (χ3v) is 2.57. The molecule has 0 spiro atoms. The molecule has 0 unspecified atom stereocenters. The standard InChI is InChI=1S/C11H9N5/c12-7-9-3-5-13-11(14-9)16-6-4-10(15-16)8-1-2-8/h3-6,8H,1-2H2. The zero-order valence-electron chi connectivity index (χ0n) is 8.54. The summed E-state index contributed by atoms with van der Waals surface area (Å²) in [6.45, 7) is 0. The lowest BCUT2D eigenvalue weighted by Crippen LogP contribution is -2.02. The molecule has 0 N–H and O–H groups in total. The monoisotopic (exact) mass is 211 g/mol. The second-order valence-corrected chi connectivity index (χ2v) is 3.81. The highest BCUT2D eigenvalue weighted by Gasteiger charge is 2.26. The van der Waals surface area contributed by atoms with Crippen molar-refractivity contribution in [3.05, 3.63) is 35.9 Å². The number of hydrogen-bond acceptors (Lipinski definition) is 4. The summed E-state index contributed by atoms with van der Waals surface area (Å²) in [6, 6.07) is 5.55. The molecule has 0 saturated heterocycles. The van der Waals surface area contributed by atoms with Gasteiger partial charge < -0.3 is 0 Å². The highest BCUT2D eigenvalue weighted by Crippen LogP contribution is 2.38. The average molecular weight is 211 g/mol.